The van der Waals surface area contributed by atoms with E-state index >= 15 is 0 Å². The molecule has 0 aliphatic carbocycles. The van der Waals surface area contributed by atoms with Crippen molar-refractivity contribution in [2.75, 3.05) is 0 Å². The summed E-state index contributed by atoms with van der Waals surface area (Å²) in [6.45, 7) is 4.00. The molecular formula is C12H12BrClN2O. The first-order valence-corrected chi connectivity index (χ1v) is 6.58. The maximum Gasteiger partial charge on any atom is 0.258 e. The minimum absolute atomic E-state index is 0.194. The second-order valence-corrected chi connectivity index (χ2v) is 5.29. The largest absolute Gasteiger partial charge is 0.334 e. The van der Waals surface area contributed by atoms with Crippen LogP contribution in [0.25, 0.3) is 11.5 Å². The van der Waals surface area contributed by atoms with Crippen molar-refractivity contribution in [3.63, 3.8) is 0 Å². The Balaban J connectivity index is 2.36. The van der Waals surface area contributed by atoms with Gasteiger partial charge in [0.25, 0.3) is 5.89 Å². The van der Waals surface area contributed by atoms with Gasteiger partial charge in [-0.2, -0.15) is 4.98 Å². The number of hydrogen-bond acceptors (Lipinski definition) is 3. The molecule has 0 radical (unpaired) electrons. The summed E-state index contributed by atoms with van der Waals surface area (Å²) in [5, 5.41) is 3.70. The van der Waals surface area contributed by atoms with Gasteiger partial charge in [-0.1, -0.05) is 28.0 Å². The van der Waals surface area contributed by atoms with Gasteiger partial charge in [0.05, 0.1) is 5.38 Å². The molecule has 0 aliphatic rings. The zero-order valence-electron chi connectivity index (χ0n) is 9.58. The summed E-state index contributed by atoms with van der Waals surface area (Å²) < 4.78 is 6.21. The van der Waals surface area contributed by atoms with Crippen LogP contribution >= 0.6 is 27.5 Å². The summed E-state index contributed by atoms with van der Waals surface area (Å²) in [6, 6.07) is 5.97. The maximum absolute atomic E-state index is 6.06. The van der Waals surface area contributed by atoms with Crippen molar-refractivity contribution in [3.05, 3.63) is 34.1 Å². The van der Waals surface area contributed by atoms with Crippen molar-refractivity contribution >= 4 is 27.5 Å². The Morgan fingerprint density at radius 3 is 2.82 bits per heavy atom. The van der Waals surface area contributed by atoms with E-state index < -0.39 is 0 Å². The first-order chi connectivity index (χ1) is 8.10. The van der Waals surface area contributed by atoms with Crippen molar-refractivity contribution in [3.8, 4) is 11.5 Å². The minimum atomic E-state index is -0.194. The number of rotatable bonds is 3. The fourth-order valence-corrected chi connectivity index (χ4v) is 2.22. The zero-order chi connectivity index (χ0) is 12.4. The van der Waals surface area contributed by atoms with Crippen LogP contribution in [0.4, 0.5) is 0 Å². The average molecular weight is 316 g/mol. The Kier molecular flexibility index (Phi) is 3.84. The van der Waals surface area contributed by atoms with E-state index in [2.05, 4.69) is 26.1 Å². The Bertz CT molecular complexity index is 507. The highest BCUT2D eigenvalue weighted by Gasteiger charge is 2.15. The molecule has 0 amide bonds. The van der Waals surface area contributed by atoms with Gasteiger partial charge in [-0.3, -0.25) is 0 Å². The molecule has 0 saturated heterocycles. The van der Waals surface area contributed by atoms with E-state index in [9.17, 15) is 0 Å². The smallest absolute Gasteiger partial charge is 0.258 e. The SMILES string of the molecule is CCC(Cl)c1noc(-c2cc(C)cc(Br)c2)n1. The quantitative estimate of drug-likeness (QED) is 0.783. The van der Waals surface area contributed by atoms with E-state index in [1.54, 1.807) is 0 Å². The van der Waals surface area contributed by atoms with Gasteiger partial charge in [0, 0.05) is 10.0 Å². The van der Waals surface area contributed by atoms with Crippen LogP contribution in [0.2, 0.25) is 0 Å². The Morgan fingerprint density at radius 1 is 1.41 bits per heavy atom. The number of hydrogen-bond donors (Lipinski definition) is 0. The van der Waals surface area contributed by atoms with Gasteiger partial charge in [0.15, 0.2) is 5.82 Å². The minimum Gasteiger partial charge on any atom is -0.334 e. The molecule has 0 bridgehead atoms. The molecular weight excluding hydrogens is 304 g/mol. The van der Waals surface area contributed by atoms with Crippen molar-refractivity contribution in [2.24, 2.45) is 0 Å². The molecule has 17 heavy (non-hydrogen) atoms. The standard InChI is InChI=1S/C12H12BrClN2O/c1-3-10(14)11-15-12(17-16-11)8-4-7(2)5-9(13)6-8/h4-6,10H,3H2,1-2H3. The van der Waals surface area contributed by atoms with Crippen LogP contribution in [0.3, 0.4) is 0 Å². The maximum atomic E-state index is 6.06. The molecule has 1 atom stereocenters. The first-order valence-electron chi connectivity index (χ1n) is 5.35. The van der Waals surface area contributed by atoms with Gasteiger partial charge in [-0.15, -0.1) is 11.6 Å². The highest BCUT2D eigenvalue weighted by molar-refractivity contribution is 9.10. The molecule has 3 nitrogen and oxygen atoms in total. The van der Waals surface area contributed by atoms with E-state index in [-0.39, 0.29) is 5.38 Å². The summed E-state index contributed by atoms with van der Waals surface area (Å²) in [5.74, 6) is 1.05. The van der Waals surface area contributed by atoms with E-state index in [0.29, 0.717) is 11.7 Å². The van der Waals surface area contributed by atoms with E-state index in [1.807, 2.05) is 32.0 Å². The monoisotopic (exact) mass is 314 g/mol. The molecule has 0 saturated carbocycles. The molecule has 0 fully saturated rings. The first kappa shape index (κ1) is 12.6. The molecule has 1 heterocycles. The molecule has 2 rings (SSSR count). The van der Waals surface area contributed by atoms with Crippen LogP contribution in [0.15, 0.2) is 27.2 Å². The van der Waals surface area contributed by atoms with E-state index in [0.717, 1.165) is 22.0 Å². The Labute approximate surface area is 113 Å². The lowest BCUT2D eigenvalue weighted by Crippen LogP contribution is -1.90. The highest BCUT2D eigenvalue weighted by Crippen LogP contribution is 2.27. The number of nitrogens with zero attached hydrogens (tertiary/aromatic N) is 2. The van der Waals surface area contributed by atoms with Crippen molar-refractivity contribution in [1.29, 1.82) is 0 Å². The molecule has 0 spiro atoms. The van der Waals surface area contributed by atoms with Crippen molar-refractivity contribution in [2.45, 2.75) is 25.6 Å². The van der Waals surface area contributed by atoms with Crippen LogP contribution in [-0.4, -0.2) is 10.1 Å². The summed E-state index contributed by atoms with van der Waals surface area (Å²) in [4.78, 5) is 4.30. The van der Waals surface area contributed by atoms with Gasteiger partial charge >= 0.3 is 0 Å². The summed E-state index contributed by atoms with van der Waals surface area (Å²) in [5.41, 5.74) is 2.03. The van der Waals surface area contributed by atoms with Crippen LogP contribution in [0, 0.1) is 6.92 Å². The summed E-state index contributed by atoms with van der Waals surface area (Å²) in [6.07, 6.45) is 0.776. The third-order valence-corrected chi connectivity index (χ3v) is 3.33. The topological polar surface area (TPSA) is 38.9 Å². The number of aromatic nitrogens is 2. The van der Waals surface area contributed by atoms with Gasteiger partial charge < -0.3 is 4.52 Å². The molecule has 0 N–H and O–H groups in total. The van der Waals surface area contributed by atoms with E-state index in [4.69, 9.17) is 16.1 Å². The van der Waals surface area contributed by atoms with E-state index in [1.165, 1.54) is 0 Å². The molecule has 5 heteroatoms. The van der Waals surface area contributed by atoms with Crippen molar-refractivity contribution < 1.29 is 4.52 Å². The summed E-state index contributed by atoms with van der Waals surface area (Å²) >= 11 is 9.50. The average Bonchev–Trinajstić information content (AvgIpc) is 2.76. The third kappa shape index (κ3) is 2.87. The van der Waals surface area contributed by atoms with Gasteiger partial charge in [-0.05, 0) is 37.1 Å². The highest BCUT2D eigenvalue weighted by atomic mass is 79.9. The van der Waals surface area contributed by atoms with Crippen LogP contribution in [0.5, 0.6) is 0 Å². The van der Waals surface area contributed by atoms with Crippen LogP contribution < -0.4 is 0 Å². The predicted molar refractivity (Wildman–Crippen MR) is 71.1 cm³/mol. The van der Waals surface area contributed by atoms with Crippen molar-refractivity contribution in [1.82, 2.24) is 10.1 Å². The second-order valence-electron chi connectivity index (χ2n) is 3.85. The molecule has 2 aromatic rings. The Morgan fingerprint density at radius 2 is 2.18 bits per heavy atom. The van der Waals surface area contributed by atoms with Gasteiger partial charge in [0.2, 0.25) is 0 Å². The molecule has 1 aromatic heterocycles. The third-order valence-electron chi connectivity index (χ3n) is 2.37. The van der Waals surface area contributed by atoms with Crippen LogP contribution in [-0.2, 0) is 0 Å². The van der Waals surface area contributed by atoms with Gasteiger partial charge in [0.1, 0.15) is 0 Å². The fraction of sp³-hybridized carbons (Fsp3) is 0.333. The molecule has 90 valence electrons. The number of halogens is 2. The predicted octanol–water partition coefficient (Wildman–Crippen LogP) is 4.50. The summed E-state index contributed by atoms with van der Waals surface area (Å²) in [7, 11) is 0. The molecule has 0 aliphatic heterocycles. The van der Waals surface area contributed by atoms with Crippen LogP contribution in [0.1, 0.15) is 30.1 Å². The number of aryl methyl sites for hydroxylation is 1. The Hall–Kier alpha value is -0.870. The normalized spacial score (nSPS) is 12.7. The number of alkyl halides is 1. The number of benzene rings is 1. The lowest BCUT2D eigenvalue weighted by molar-refractivity contribution is 0.421. The lowest BCUT2D eigenvalue weighted by Gasteiger charge is -1.99. The second kappa shape index (κ2) is 5.19. The lowest BCUT2D eigenvalue weighted by atomic mass is 10.1. The fourth-order valence-electron chi connectivity index (χ4n) is 1.52. The van der Waals surface area contributed by atoms with Gasteiger partial charge in [-0.25, -0.2) is 0 Å². The molecule has 1 aromatic carbocycles. The zero-order valence-corrected chi connectivity index (χ0v) is 11.9. The molecule has 1 unspecified atom stereocenters.